The second kappa shape index (κ2) is 5.69. The molecule has 0 saturated carbocycles. The fourth-order valence-electron chi connectivity index (χ4n) is 2.95. The zero-order valence-electron chi connectivity index (χ0n) is 12.2. The van der Waals surface area contributed by atoms with Gasteiger partial charge in [-0.25, -0.2) is 4.98 Å². The molecule has 3 rings (SSSR count). The fraction of sp³-hybridized carbons (Fsp3) is 0.375. The molecule has 5 heteroatoms. The highest BCUT2D eigenvalue weighted by Gasteiger charge is 2.35. The summed E-state index contributed by atoms with van der Waals surface area (Å²) >= 11 is 0. The highest BCUT2D eigenvalue weighted by molar-refractivity contribution is 5.97. The number of H-pyrrole nitrogens is 1. The summed E-state index contributed by atoms with van der Waals surface area (Å²) in [5.74, 6) is 0.773. The van der Waals surface area contributed by atoms with Gasteiger partial charge in [-0.3, -0.25) is 4.79 Å². The Morgan fingerprint density at radius 3 is 3.05 bits per heavy atom. The standard InChI is InChI=1S/C16H20N4O/c1-2-5-12-10-18-16(19-12)14-8-11-6-3-4-7-13(11)20(14)15(21)9-17/h3-4,6-7,10,14H,2,5,8-9,17H2,1H3,(H,18,19)/t14-/m0/s1. The van der Waals surface area contributed by atoms with Gasteiger partial charge in [-0.15, -0.1) is 0 Å². The van der Waals surface area contributed by atoms with E-state index in [-0.39, 0.29) is 18.5 Å². The number of para-hydroxylation sites is 1. The van der Waals surface area contributed by atoms with Crippen molar-refractivity contribution in [2.75, 3.05) is 11.4 Å². The maximum Gasteiger partial charge on any atom is 0.241 e. The van der Waals surface area contributed by atoms with Crippen LogP contribution < -0.4 is 10.6 Å². The van der Waals surface area contributed by atoms with Crippen molar-refractivity contribution in [3.05, 3.63) is 47.5 Å². The Morgan fingerprint density at radius 1 is 1.48 bits per heavy atom. The topological polar surface area (TPSA) is 75.0 Å². The number of imidazole rings is 1. The monoisotopic (exact) mass is 284 g/mol. The Balaban J connectivity index is 1.96. The molecule has 1 aliphatic rings. The third kappa shape index (κ3) is 2.45. The van der Waals surface area contributed by atoms with E-state index in [4.69, 9.17) is 5.73 Å². The minimum absolute atomic E-state index is 0.00730. The number of fused-ring (bicyclic) bond motifs is 1. The van der Waals surface area contributed by atoms with Gasteiger partial charge in [-0.2, -0.15) is 0 Å². The molecule has 5 nitrogen and oxygen atoms in total. The minimum Gasteiger partial charge on any atom is -0.344 e. The SMILES string of the molecule is CCCc1cnc([C@@H]2Cc3ccccc3N2C(=O)CN)[nH]1. The number of nitrogens with two attached hydrogens (primary N) is 1. The number of carbonyl (C=O) groups excluding carboxylic acids is 1. The van der Waals surface area contributed by atoms with Crippen LogP contribution in [0.25, 0.3) is 0 Å². The van der Waals surface area contributed by atoms with Gasteiger partial charge in [0.15, 0.2) is 0 Å². The normalized spacial score (nSPS) is 17.0. The first-order valence-corrected chi connectivity index (χ1v) is 7.38. The molecule has 0 unspecified atom stereocenters. The summed E-state index contributed by atoms with van der Waals surface area (Å²) in [7, 11) is 0. The van der Waals surface area contributed by atoms with Crippen LogP contribution in [-0.2, 0) is 17.6 Å². The van der Waals surface area contributed by atoms with Gasteiger partial charge in [-0.1, -0.05) is 31.5 Å². The lowest BCUT2D eigenvalue weighted by molar-refractivity contribution is -0.117. The van der Waals surface area contributed by atoms with Gasteiger partial charge < -0.3 is 15.6 Å². The number of amides is 1. The zero-order valence-corrected chi connectivity index (χ0v) is 12.2. The number of nitrogens with one attached hydrogen (secondary N) is 1. The third-order valence-electron chi connectivity index (χ3n) is 3.90. The predicted molar refractivity (Wildman–Crippen MR) is 82.0 cm³/mol. The fourth-order valence-corrected chi connectivity index (χ4v) is 2.95. The van der Waals surface area contributed by atoms with E-state index in [1.54, 1.807) is 4.90 Å². The van der Waals surface area contributed by atoms with E-state index in [9.17, 15) is 4.79 Å². The van der Waals surface area contributed by atoms with Crippen molar-refractivity contribution >= 4 is 11.6 Å². The van der Waals surface area contributed by atoms with E-state index in [0.29, 0.717) is 0 Å². The molecule has 0 fully saturated rings. The van der Waals surface area contributed by atoms with Gasteiger partial charge in [-0.05, 0) is 18.1 Å². The summed E-state index contributed by atoms with van der Waals surface area (Å²) < 4.78 is 0. The van der Waals surface area contributed by atoms with Crippen LogP contribution in [0.3, 0.4) is 0 Å². The molecule has 1 aromatic carbocycles. The van der Waals surface area contributed by atoms with E-state index in [1.807, 2.05) is 24.4 Å². The Morgan fingerprint density at radius 2 is 2.29 bits per heavy atom. The van der Waals surface area contributed by atoms with E-state index in [1.165, 1.54) is 0 Å². The van der Waals surface area contributed by atoms with Crippen LogP contribution >= 0.6 is 0 Å². The first kappa shape index (κ1) is 13.8. The maximum absolute atomic E-state index is 12.3. The molecule has 3 N–H and O–H groups in total. The molecule has 0 radical (unpaired) electrons. The van der Waals surface area contributed by atoms with Crippen molar-refractivity contribution < 1.29 is 4.79 Å². The van der Waals surface area contributed by atoms with Crippen LogP contribution in [0.15, 0.2) is 30.5 Å². The van der Waals surface area contributed by atoms with Crippen LogP contribution in [0.5, 0.6) is 0 Å². The zero-order chi connectivity index (χ0) is 14.8. The van der Waals surface area contributed by atoms with Gasteiger partial charge in [0.05, 0.1) is 12.6 Å². The van der Waals surface area contributed by atoms with Crippen molar-refractivity contribution in [1.29, 1.82) is 0 Å². The number of hydrogen-bond acceptors (Lipinski definition) is 3. The average Bonchev–Trinajstić information content (AvgIpc) is 3.10. The average molecular weight is 284 g/mol. The van der Waals surface area contributed by atoms with Crippen molar-refractivity contribution in [3.8, 4) is 0 Å². The van der Waals surface area contributed by atoms with E-state index in [2.05, 4.69) is 23.0 Å². The number of aryl methyl sites for hydroxylation is 1. The Bertz CT molecular complexity index is 649. The first-order valence-electron chi connectivity index (χ1n) is 7.38. The molecule has 1 aliphatic heterocycles. The van der Waals surface area contributed by atoms with Gasteiger partial charge >= 0.3 is 0 Å². The lowest BCUT2D eigenvalue weighted by Crippen LogP contribution is -2.37. The summed E-state index contributed by atoms with van der Waals surface area (Å²) in [6, 6.07) is 7.89. The van der Waals surface area contributed by atoms with Gasteiger partial charge in [0, 0.05) is 24.0 Å². The number of nitrogens with zero attached hydrogens (tertiary/aromatic N) is 2. The number of rotatable bonds is 4. The van der Waals surface area contributed by atoms with Crippen LogP contribution in [0.1, 0.15) is 36.5 Å². The number of carbonyl (C=O) groups is 1. The number of benzene rings is 1. The smallest absolute Gasteiger partial charge is 0.241 e. The molecular weight excluding hydrogens is 264 g/mol. The molecule has 0 aliphatic carbocycles. The number of hydrogen-bond donors (Lipinski definition) is 2. The number of aromatic amines is 1. The Kier molecular flexibility index (Phi) is 3.75. The highest BCUT2D eigenvalue weighted by atomic mass is 16.2. The number of anilines is 1. The summed E-state index contributed by atoms with van der Waals surface area (Å²) in [4.78, 5) is 21.9. The second-order valence-corrected chi connectivity index (χ2v) is 5.36. The van der Waals surface area contributed by atoms with Crippen LogP contribution in [0, 0.1) is 0 Å². The lowest BCUT2D eigenvalue weighted by atomic mass is 10.1. The molecular formula is C16H20N4O. The molecule has 0 spiro atoms. The van der Waals surface area contributed by atoms with Crippen molar-refractivity contribution in [2.24, 2.45) is 5.73 Å². The molecule has 1 aromatic heterocycles. The summed E-state index contributed by atoms with van der Waals surface area (Å²) in [6.07, 6.45) is 4.68. The van der Waals surface area contributed by atoms with Crippen molar-refractivity contribution in [1.82, 2.24) is 9.97 Å². The predicted octanol–water partition coefficient (Wildman–Crippen LogP) is 1.95. The Labute approximate surface area is 124 Å². The molecule has 0 bridgehead atoms. The molecule has 1 atom stereocenters. The van der Waals surface area contributed by atoms with E-state index in [0.717, 1.165) is 42.0 Å². The summed E-state index contributed by atoms with van der Waals surface area (Å²) in [5, 5.41) is 0. The molecule has 1 amide bonds. The molecule has 110 valence electrons. The second-order valence-electron chi connectivity index (χ2n) is 5.36. The van der Waals surface area contributed by atoms with Crippen LogP contribution in [0.4, 0.5) is 5.69 Å². The third-order valence-corrected chi connectivity index (χ3v) is 3.90. The molecule has 2 aromatic rings. The molecule has 0 saturated heterocycles. The quantitative estimate of drug-likeness (QED) is 0.901. The van der Waals surface area contributed by atoms with Crippen LogP contribution in [0.2, 0.25) is 0 Å². The lowest BCUT2D eigenvalue weighted by Gasteiger charge is -2.23. The number of aromatic nitrogens is 2. The molecule has 21 heavy (non-hydrogen) atoms. The summed E-state index contributed by atoms with van der Waals surface area (Å²) in [5.41, 5.74) is 8.81. The highest BCUT2D eigenvalue weighted by Crippen LogP contribution is 2.39. The van der Waals surface area contributed by atoms with Gasteiger partial charge in [0.2, 0.25) is 5.91 Å². The summed E-state index contributed by atoms with van der Waals surface area (Å²) in [6.45, 7) is 2.14. The maximum atomic E-state index is 12.3. The van der Waals surface area contributed by atoms with Gasteiger partial charge in [0.25, 0.3) is 0 Å². The van der Waals surface area contributed by atoms with E-state index < -0.39 is 0 Å². The first-order chi connectivity index (χ1) is 10.2. The Hall–Kier alpha value is -2.14. The van der Waals surface area contributed by atoms with Crippen LogP contribution in [-0.4, -0.2) is 22.4 Å². The molecule has 2 heterocycles. The van der Waals surface area contributed by atoms with Crippen molar-refractivity contribution in [2.45, 2.75) is 32.2 Å². The largest absolute Gasteiger partial charge is 0.344 e. The van der Waals surface area contributed by atoms with Crippen molar-refractivity contribution in [3.63, 3.8) is 0 Å². The van der Waals surface area contributed by atoms with Gasteiger partial charge in [0.1, 0.15) is 5.82 Å². The minimum atomic E-state index is -0.0796. The van der Waals surface area contributed by atoms with E-state index >= 15 is 0 Å².